The molecular formula is C14H33N. The molecule has 0 amide bonds. The highest BCUT2D eigenvalue weighted by atomic mass is 15.4. The van der Waals surface area contributed by atoms with Crippen LogP contribution in [0.4, 0.5) is 0 Å². The van der Waals surface area contributed by atoms with Gasteiger partial charge in [0.15, 0.2) is 0 Å². The molecular weight excluding hydrogens is 182 g/mol. The van der Waals surface area contributed by atoms with E-state index < -0.39 is 0 Å². The van der Waals surface area contributed by atoms with Crippen LogP contribution in [-0.2, 0) is 0 Å². The van der Waals surface area contributed by atoms with Gasteiger partial charge in [0, 0.05) is 12.8 Å². The summed E-state index contributed by atoms with van der Waals surface area (Å²) in [5, 5.41) is 0. The van der Waals surface area contributed by atoms with Gasteiger partial charge in [-0.05, 0) is 19.3 Å². The summed E-state index contributed by atoms with van der Waals surface area (Å²) < 4.78 is 1.50. The molecule has 0 aromatic rings. The van der Waals surface area contributed by atoms with Gasteiger partial charge in [-0.1, -0.05) is 27.7 Å². The summed E-state index contributed by atoms with van der Waals surface area (Å²) in [5.41, 5.74) is 0. The van der Waals surface area contributed by atoms with E-state index in [2.05, 4.69) is 0 Å². The Morgan fingerprint density at radius 2 is 0.800 bits per heavy atom. The molecule has 0 N–H and O–H groups in total. The van der Waals surface area contributed by atoms with E-state index >= 15 is 0 Å². The van der Waals surface area contributed by atoms with Crippen molar-refractivity contribution in [3.05, 3.63) is 7.43 Å². The van der Waals surface area contributed by atoms with E-state index in [1.807, 2.05) is 27.7 Å². The Hall–Kier alpha value is -0.0400. The van der Waals surface area contributed by atoms with Crippen LogP contribution < -0.4 is 0 Å². The SMILES string of the molecule is C1CC[N+]2(CC1)CCCC2.CC.CC.[CH3-]. The zero-order valence-corrected chi connectivity index (χ0v) is 11.8. The monoisotopic (exact) mass is 215 g/mol. The lowest BCUT2D eigenvalue weighted by Crippen LogP contribution is -2.48. The molecule has 2 aliphatic rings. The Kier molecular flexibility index (Phi) is 12.1. The standard InChI is InChI=1S/C9H18N.2C2H6.CH3/c1-2-6-10(7-3-1)8-4-5-9-10;2*1-2;/h1-9H2;2*1-2H3;1H3/q+1;;;-1. The third-order valence-corrected chi connectivity index (χ3v) is 3.28. The minimum atomic E-state index is 0. The van der Waals surface area contributed by atoms with Crippen molar-refractivity contribution in [2.24, 2.45) is 0 Å². The molecule has 1 nitrogen and oxygen atoms in total. The summed E-state index contributed by atoms with van der Waals surface area (Å²) in [5.74, 6) is 0. The van der Waals surface area contributed by atoms with Gasteiger partial charge >= 0.3 is 0 Å². The Morgan fingerprint density at radius 1 is 0.533 bits per heavy atom. The average Bonchev–Trinajstić information content (AvgIpc) is 2.73. The number of hydrogen-bond donors (Lipinski definition) is 0. The maximum atomic E-state index is 2.00. The molecule has 2 fully saturated rings. The lowest BCUT2D eigenvalue weighted by atomic mass is 10.1. The number of quaternary nitrogens is 1. The summed E-state index contributed by atoms with van der Waals surface area (Å²) in [6.07, 6.45) is 7.50. The Bertz CT molecular complexity index is 107. The maximum Gasteiger partial charge on any atom is 0.0788 e. The van der Waals surface area contributed by atoms with Gasteiger partial charge in [0.05, 0.1) is 26.2 Å². The van der Waals surface area contributed by atoms with Crippen molar-refractivity contribution < 1.29 is 4.48 Å². The van der Waals surface area contributed by atoms with Crippen LogP contribution in [0.5, 0.6) is 0 Å². The molecule has 0 aromatic heterocycles. The van der Waals surface area contributed by atoms with E-state index in [1.54, 1.807) is 0 Å². The fourth-order valence-corrected chi connectivity index (χ4v) is 2.64. The third-order valence-electron chi connectivity index (χ3n) is 3.28. The highest BCUT2D eigenvalue weighted by molar-refractivity contribution is 4.59. The van der Waals surface area contributed by atoms with Crippen molar-refractivity contribution in [1.82, 2.24) is 0 Å². The largest absolute Gasteiger partial charge is 0.358 e. The molecule has 2 saturated heterocycles. The predicted molar refractivity (Wildman–Crippen MR) is 71.9 cm³/mol. The van der Waals surface area contributed by atoms with Crippen LogP contribution in [0.25, 0.3) is 0 Å². The van der Waals surface area contributed by atoms with Gasteiger partial charge < -0.3 is 11.9 Å². The summed E-state index contributed by atoms with van der Waals surface area (Å²) in [4.78, 5) is 0. The van der Waals surface area contributed by atoms with Crippen LogP contribution in [0.3, 0.4) is 0 Å². The number of hydrogen-bond acceptors (Lipinski definition) is 0. The van der Waals surface area contributed by atoms with E-state index in [-0.39, 0.29) is 7.43 Å². The van der Waals surface area contributed by atoms with E-state index in [4.69, 9.17) is 0 Å². The predicted octanol–water partition coefficient (Wildman–Crippen LogP) is 4.28. The second-order valence-corrected chi connectivity index (χ2v) is 4.00. The minimum absolute atomic E-state index is 0. The van der Waals surface area contributed by atoms with Crippen molar-refractivity contribution in [2.45, 2.75) is 59.8 Å². The Morgan fingerprint density at radius 3 is 1.13 bits per heavy atom. The number of rotatable bonds is 0. The highest BCUT2D eigenvalue weighted by Crippen LogP contribution is 2.25. The Balaban J connectivity index is 0. The van der Waals surface area contributed by atoms with Crippen molar-refractivity contribution >= 4 is 0 Å². The second-order valence-electron chi connectivity index (χ2n) is 4.00. The first-order chi connectivity index (χ1) is 6.91. The fraction of sp³-hybridized carbons (Fsp3) is 0.929. The van der Waals surface area contributed by atoms with Gasteiger partial charge in [-0.3, -0.25) is 0 Å². The lowest BCUT2D eigenvalue weighted by molar-refractivity contribution is -0.921. The van der Waals surface area contributed by atoms with Crippen LogP contribution in [0.2, 0.25) is 0 Å². The van der Waals surface area contributed by atoms with Crippen LogP contribution >= 0.6 is 0 Å². The van der Waals surface area contributed by atoms with Gasteiger partial charge in [0.1, 0.15) is 0 Å². The van der Waals surface area contributed by atoms with Crippen LogP contribution in [-0.4, -0.2) is 30.7 Å². The van der Waals surface area contributed by atoms with Crippen LogP contribution in [0.1, 0.15) is 59.8 Å². The first-order valence-corrected chi connectivity index (χ1v) is 6.76. The highest BCUT2D eigenvalue weighted by Gasteiger charge is 2.32. The number of nitrogens with zero attached hydrogens (tertiary/aromatic N) is 1. The molecule has 15 heavy (non-hydrogen) atoms. The molecule has 94 valence electrons. The molecule has 0 atom stereocenters. The topological polar surface area (TPSA) is 0 Å². The van der Waals surface area contributed by atoms with E-state index in [9.17, 15) is 0 Å². The lowest BCUT2D eigenvalue weighted by Gasteiger charge is -2.37. The van der Waals surface area contributed by atoms with E-state index in [0.717, 1.165) is 0 Å². The van der Waals surface area contributed by atoms with E-state index in [1.165, 1.54) is 62.8 Å². The third kappa shape index (κ3) is 5.55. The van der Waals surface area contributed by atoms with Crippen molar-refractivity contribution in [1.29, 1.82) is 0 Å². The molecule has 0 aromatic carbocycles. The molecule has 1 spiro atoms. The summed E-state index contributed by atoms with van der Waals surface area (Å²) >= 11 is 0. The molecule has 0 unspecified atom stereocenters. The van der Waals surface area contributed by atoms with Crippen LogP contribution in [0.15, 0.2) is 0 Å². The fourth-order valence-electron chi connectivity index (χ4n) is 2.64. The summed E-state index contributed by atoms with van der Waals surface area (Å²) in [6, 6.07) is 0. The zero-order valence-electron chi connectivity index (χ0n) is 11.8. The summed E-state index contributed by atoms with van der Waals surface area (Å²) in [7, 11) is 0. The molecule has 2 heterocycles. The van der Waals surface area contributed by atoms with Crippen molar-refractivity contribution in [2.75, 3.05) is 26.2 Å². The maximum absolute atomic E-state index is 2.00. The molecule has 2 rings (SSSR count). The second kappa shape index (κ2) is 10.5. The van der Waals surface area contributed by atoms with Gasteiger partial charge in [0.25, 0.3) is 0 Å². The molecule has 0 aliphatic carbocycles. The molecule has 0 bridgehead atoms. The van der Waals surface area contributed by atoms with E-state index in [0.29, 0.717) is 0 Å². The van der Waals surface area contributed by atoms with Gasteiger partial charge in [-0.25, -0.2) is 0 Å². The number of piperidine rings is 1. The molecule has 1 heteroatoms. The molecule has 0 radical (unpaired) electrons. The van der Waals surface area contributed by atoms with Gasteiger partial charge in [-0.15, -0.1) is 0 Å². The quantitative estimate of drug-likeness (QED) is 0.418. The van der Waals surface area contributed by atoms with Crippen LogP contribution in [0, 0.1) is 7.43 Å². The average molecular weight is 215 g/mol. The molecule has 0 saturated carbocycles. The normalized spacial score (nSPS) is 21.6. The van der Waals surface area contributed by atoms with Crippen molar-refractivity contribution in [3.63, 3.8) is 0 Å². The molecule has 2 aliphatic heterocycles. The minimum Gasteiger partial charge on any atom is -0.358 e. The van der Waals surface area contributed by atoms with Crippen molar-refractivity contribution in [3.8, 4) is 0 Å². The first kappa shape index (κ1) is 17.4. The first-order valence-electron chi connectivity index (χ1n) is 6.76. The zero-order chi connectivity index (χ0) is 10.9. The van der Waals surface area contributed by atoms with Gasteiger partial charge in [0.2, 0.25) is 0 Å². The Labute approximate surface area is 98.5 Å². The smallest absolute Gasteiger partial charge is 0.0788 e. The summed E-state index contributed by atoms with van der Waals surface area (Å²) in [6.45, 7) is 14.0. The van der Waals surface area contributed by atoms with Gasteiger partial charge in [-0.2, -0.15) is 0 Å².